The van der Waals surface area contributed by atoms with E-state index >= 15 is 0 Å². The maximum atomic E-state index is 13.8. The molecule has 7 nitrogen and oxygen atoms in total. The first-order chi connectivity index (χ1) is 11.0. The van der Waals surface area contributed by atoms with Crippen LogP contribution in [0.15, 0.2) is 23.0 Å². The lowest BCUT2D eigenvalue weighted by Gasteiger charge is -2.15. The quantitative estimate of drug-likeness (QED) is 0.893. The smallest absolute Gasteiger partial charge is 0.348 e. The molecule has 122 valence electrons. The molecule has 9 heteroatoms. The molecule has 0 aliphatic heterocycles. The minimum atomic E-state index is -0.561. The van der Waals surface area contributed by atoms with Gasteiger partial charge in [0, 0.05) is 10.6 Å². The highest BCUT2D eigenvalue weighted by Gasteiger charge is 2.28. The van der Waals surface area contributed by atoms with E-state index in [1.165, 1.54) is 16.8 Å². The monoisotopic (exact) mass is 339 g/mol. The van der Waals surface area contributed by atoms with E-state index in [0.29, 0.717) is 5.56 Å². The molecule has 1 N–H and O–H groups in total. The first kappa shape index (κ1) is 15.7. The molecule has 0 unspecified atom stereocenters. The van der Waals surface area contributed by atoms with E-state index in [0.717, 1.165) is 17.5 Å². The topological polar surface area (TPSA) is 81.8 Å². The Morgan fingerprint density at radius 1 is 1.48 bits per heavy atom. The van der Waals surface area contributed by atoms with Gasteiger partial charge in [0.2, 0.25) is 5.91 Å². The molecular weight excluding hydrogens is 325 g/mol. The lowest BCUT2D eigenvalue weighted by atomic mass is 10.1. The van der Waals surface area contributed by atoms with Gasteiger partial charge >= 0.3 is 5.69 Å². The summed E-state index contributed by atoms with van der Waals surface area (Å²) < 4.78 is 16.1. The molecule has 1 aliphatic rings. The van der Waals surface area contributed by atoms with Gasteiger partial charge in [0.25, 0.3) is 0 Å². The van der Waals surface area contributed by atoms with E-state index in [4.69, 9.17) is 11.6 Å². The van der Waals surface area contributed by atoms with Gasteiger partial charge in [-0.2, -0.15) is 9.36 Å². The lowest BCUT2D eigenvalue weighted by Crippen LogP contribution is -2.35. The molecule has 2 aromatic rings. The molecule has 3 rings (SSSR count). The summed E-state index contributed by atoms with van der Waals surface area (Å²) in [5, 5.41) is 10.4. The van der Waals surface area contributed by atoms with Gasteiger partial charge in [-0.05, 0) is 42.3 Å². The van der Waals surface area contributed by atoms with E-state index in [9.17, 15) is 14.0 Å². The second-order valence-electron chi connectivity index (χ2n) is 5.55. The average molecular weight is 340 g/mol. The van der Waals surface area contributed by atoms with Gasteiger partial charge in [-0.3, -0.25) is 4.79 Å². The van der Waals surface area contributed by atoms with Crippen molar-refractivity contribution in [2.75, 3.05) is 0 Å². The van der Waals surface area contributed by atoms with E-state index in [1.807, 2.05) is 0 Å². The Morgan fingerprint density at radius 2 is 2.22 bits per heavy atom. The molecule has 1 heterocycles. The molecule has 0 radical (unpaired) electrons. The van der Waals surface area contributed by atoms with Crippen molar-refractivity contribution in [2.45, 2.75) is 38.4 Å². The molecule has 0 bridgehead atoms. The normalized spacial score (nSPS) is 15.4. The van der Waals surface area contributed by atoms with Crippen LogP contribution in [0.25, 0.3) is 0 Å². The Bertz CT molecular complexity index is 799. The number of amides is 1. The number of hydrogen-bond donors (Lipinski definition) is 1. The first-order valence-corrected chi connectivity index (χ1v) is 7.60. The van der Waals surface area contributed by atoms with Crippen molar-refractivity contribution in [1.29, 1.82) is 0 Å². The van der Waals surface area contributed by atoms with Crippen molar-refractivity contribution in [3.63, 3.8) is 0 Å². The van der Waals surface area contributed by atoms with Crippen LogP contribution in [0.5, 0.6) is 0 Å². The van der Waals surface area contributed by atoms with Gasteiger partial charge < -0.3 is 5.32 Å². The molecule has 1 aromatic heterocycles. The summed E-state index contributed by atoms with van der Waals surface area (Å²) in [5.41, 5.74) is -0.0929. The molecule has 23 heavy (non-hydrogen) atoms. The van der Waals surface area contributed by atoms with Crippen molar-refractivity contribution >= 4 is 17.5 Å². The number of carbonyl (C=O) groups excluding carboxylic acids is 1. The maximum Gasteiger partial charge on any atom is 0.364 e. The third-order valence-corrected chi connectivity index (χ3v) is 3.89. The molecule has 1 fully saturated rings. The van der Waals surface area contributed by atoms with Crippen LogP contribution >= 0.6 is 11.6 Å². The van der Waals surface area contributed by atoms with Crippen LogP contribution in [0.2, 0.25) is 5.02 Å². The number of tetrazole rings is 1. The molecule has 1 saturated carbocycles. The Kier molecular flexibility index (Phi) is 4.16. The molecule has 0 saturated heterocycles. The second kappa shape index (κ2) is 6.11. The summed E-state index contributed by atoms with van der Waals surface area (Å²) in [4.78, 5) is 24.0. The van der Waals surface area contributed by atoms with E-state index in [2.05, 4.69) is 15.7 Å². The number of hydrogen-bond acceptors (Lipinski definition) is 4. The highest BCUT2D eigenvalue weighted by Crippen LogP contribution is 2.32. The third kappa shape index (κ3) is 3.42. The van der Waals surface area contributed by atoms with E-state index in [-0.39, 0.29) is 17.6 Å². The van der Waals surface area contributed by atoms with Crippen molar-refractivity contribution in [3.05, 3.63) is 45.1 Å². The number of carbonyl (C=O) groups is 1. The number of halogens is 2. The summed E-state index contributed by atoms with van der Waals surface area (Å²) in [6.07, 6.45) is 1.80. The summed E-state index contributed by atoms with van der Waals surface area (Å²) in [6.45, 7) is 1.39. The molecular formula is C14H15ClFN5O2. The third-order valence-electron chi connectivity index (χ3n) is 3.65. The van der Waals surface area contributed by atoms with Gasteiger partial charge in [-0.15, -0.1) is 0 Å². The predicted molar refractivity (Wildman–Crippen MR) is 80.5 cm³/mol. The van der Waals surface area contributed by atoms with Gasteiger partial charge in [-0.25, -0.2) is 9.18 Å². The number of benzene rings is 1. The zero-order valence-electron chi connectivity index (χ0n) is 12.4. The molecule has 1 aliphatic carbocycles. The van der Waals surface area contributed by atoms with E-state index < -0.39 is 23.5 Å². The Balaban J connectivity index is 1.66. The van der Waals surface area contributed by atoms with Crippen LogP contribution in [0, 0.1) is 5.82 Å². The van der Waals surface area contributed by atoms with Crippen molar-refractivity contribution in [2.24, 2.45) is 0 Å². The predicted octanol–water partition coefficient (Wildman–Crippen LogP) is 1.44. The van der Waals surface area contributed by atoms with Crippen LogP contribution in [-0.4, -0.2) is 25.7 Å². The SMILES string of the molecule is C[C@@H](NC(=O)Cn1nnn(C2CC2)c1=O)c1ccc(Cl)cc1F. The second-order valence-corrected chi connectivity index (χ2v) is 5.99. The minimum Gasteiger partial charge on any atom is -0.348 e. The Hall–Kier alpha value is -2.22. The summed E-state index contributed by atoms with van der Waals surface area (Å²) in [5.74, 6) is -0.945. The number of aromatic nitrogens is 4. The zero-order chi connectivity index (χ0) is 16.6. The van der Waals surface area contributed by atoms with Gasteiger partial charge in [-0.1, -0.05) is 17.7 Å². The van der Waals surface area contributed by atoms with Crippen LogP contribution in [0.3, 0.4) is 0 Å². The average Bonchev–Trinajstić information content (AvgIpc) is 3.25. The summed E-state index contributed by atoms with van der Waals surface area (Å²) >= 11 is 5.70. The Morgan fingerprint density at radius 3 is 2.87 bits per heavy atom. The highest BCUT2D eigenvalue weighted by molar-refractivity contribution is 6.30. The van der Waals surface area contributed by atoms with Gasteiger partial charge in [0.05, 0.1) is 12.1 Å². The molecule has 0 spiro atoms. The summed E-state index contributed by atoms with van der Waals surface area (Å²) in [6, 6.07) is 3.79. The fourth-order valence-electron chi connectivity index (χ4n) is 2.29. The number of rotatable bonds is 5. The van der Waals surface area contributed by atoms with Crippen LogP contribution < -0.4 is 11.0 Å². The van der Waals surface area contributed by atoms with Crippen LogP contribution in [-0.2, 0) is 11.3 Å². The maximum absolute atomic E-state index is 13.8. The van der Waals surface area contributed by atoms with Crippen LogP contribution in [0.4, 0.5) is 4.39 Å². The fraction of sp³-hybridized carbons (Fsp3) is 0.429. The van der Waals surface area contributed by atoms with Gasteiger partial charge in [0.1, 0.15) is 12.4 Å². The van der Waals surface area contributed by atoms with Crippen LogP contribution in [0.1, 0.15) is 37.4 Å². The summed E-state index contributed by atoms with van der Waals surface area (Å²) in [7, 11) is 0. The van der Waals surface area contributed by atoms with Crippen molar-refractivity contribution < 1.29 is 9.18 Å². The molecule has 1 amide bonds. The van der Waals surface area contributed by atoms with E-state index in [1.54, 1.807) is 13.0 Å². The molecule has 1 aromatic carbocycles. The minimum absolute atomic E-state index is 0.0985. The number of nitrogens with zero attached hydrogens (tertiary/aromatic N) is 4. The Labute approximate surface area is 136 Å². The zero-order valence-corrected chi connectivity index (χ0v) is 13.1. The highest BCUT2D eigenvalue weighted by atomic mass is 35.5. The number of nitrogens with one attached hydrogen (secondary N) is 1. The first-order valence-electron chi connectivity index (χ1n) is 7.22. The van der Waals surface area contributed by atoms with Gasteiger partial charge in [0.15, 0.2) is 0 Å². The molecule has 1 atom stereocenters. The van der Waals surface area contributed by atoms with Crippen molar-refractivity contribution in [1.82, 2.24) is 25.1 Å². The van der Waals surface area contributed by atoms with Crippen molar-refractivity contribution in [3.8, 4) is 0 Å². The largest absolute Gasteiger partial charge is 0.364 e. The standard InChI is InChI=1S/C14H15ClFN5O2/c1-8(11-5-2-9(15)6-12(11)16)17-13(22)7-20-14(23)21(19-18-20)10-3-4-10/h2,5-6,8,10H,3-4,7H2,1H3,(H,17,22)/t8-/m1/s1. The lowest BCUT2D eigenvalue weighted by molar-refractivity contribution is -0.122. The fourth-order valence-corrected chi connectivity index (χ4v) is 2.45.